The lowest BCUT2D eigenvalue weighted by Crippen LogP contribution is -2.30. The number of hydrogen-bond acceptors (Lipinski definition) is 3. The van der Waals surface area contributed by atoms with E-state index in [0.29, 0.717) is 19.6 Å². The second-order valence-corrected chi connectivity index (χ2v) is 5.98. The first-order chi connectivity index (χ1) is 10.1. The Hall–Kier alpha value is -1.33. The summed E-state index contributed by atoms with van der Waals surface area (Å²) in [5, 5.41) is 6.19. The van der Waals surface area contributed by atoms with Crippen molar-refractivity contribution in [2.45, 2.75) is 19.8 Å². The van der Waals surface area contributed by atoms with E-state index >= 15 is 0 Å². The van der Waals surface area contributed by atoms with Gasteiger partial charge in [-0.3, -0.25) is 4.79 Å². The maximum atomic E-state index is 11.8. The average Bonchev–Trinajstić information content (AvgIpc) is 2.48. The Labute approximate surface area is 134 Å². The van der Waals surface area contributed by atoms with Gasteiger partial charge in [0.1, 0.15) is 5.75 Å². The third-order valence-corrected chi connectivity index (χ3v) is 3.96. The molecule has 4 nitrogen and oxygen atoms in total. The molecule has 1 aromatic rings. The SMILES string of the molecule is Cc1ccc(OCCC(=O)NCC2=CCNCC2)c(Br)c1. The molecule has 0 atom stereocenters. The number of ether oxygens (including phenoxy) is 1. The number of halogens is 1. The lowest BCUT2D eigenvalue weighted by molar-refractivity contribution is -0.121. The Bertz CT molecular complexity index is 529. The molecule has 0 radical (unpaired) electrons. The number of amides is 1. The number of benzene rings is 1. The lowest BCUT2D eigenvalue weighted by atomic mass is 10.1. The molecule has 0 saturated heterocycles. The van der Waals surface area contributed by atoms with Crippen LogP contribution in [0.15, 0.2) is 34.3 Å². The van der Waals surface area contributed by atoms with Crippen molar-refractivity contribution in [3.63, 3.8) is 0 Å². The second kappa shape index (κ2) is 8.20. The first kappa shape index (κ1) is 16.0. The van der Waals surface area contributed by atoms with Crippen molar-refractivity contribution in [1.29, 1.82) is 0 Å². The molecule has 1 aliphatic heterocycles. The molecule has 0 saturated carbocycles. The van der Waals surface area contributed by atoms with E-state index in [1.165, 1.54) is 11.1 Å². The normalized spacial score (nSPS) is 14.5. The molecule has 0 unspecified atom stereocenters. The number of hydrogen-bond donors (Lipinski definition) is 2. The number of aryl methyl sites for hydroxylation is 1. The van der Waals surface area contributed by atoms with E-state index in [2.05, 4.69) is 32.6 Å². The van der Waals surface area contributed by atoms with Crippen molar-refractivity contribution >= 4 is 21.8 Å². The molecular formula is C16H21BrN2O2. The lowest BCUT2D eigenvalue weighted by Gasteiger charge is -2.14. The van der Waals surface area contributed by atoms with Crippen molar-refractivity contribution in [3.05, 3.63) is 39.9 Å². The maximum absolute atomic E-state index is 11.8. The van der Waals surface area contributed by atoms with Gasteiger partial charge < -0.3 is 15.4 Å². The first-order valence-electron chi connectivity index (χ1n) is 7.19. The molecule has 0 spiro atoms. The number of carbonyl (C=O) groups excluding carboxylic acids is 1. The van der Waals surface area contributed by atoms with E-state index in [9.17, 15) is 4.79 Å². The molecule has 21 heavy (non-hydrogen) atoms. The van der Waals surface area contributed by atoms with Gasteiger partial charge in [-0.1, -0.05) is 17.7 Å². The summed E-state index contributed by atoms with van der Waals surface area (Å²) >= 11 is 3.46. The maximum Gasteiger partial charge on any atom is 0.223 e. The first-order valence-corrected chi connectivity index (χ1v) is 7.99. The molecule has 2 N–H and O–H groups in total. The van der Waals surface area contributed by atoms with E-state index in [1.807, 2.05) is 25.1 Å². The summed E-state index contributed by atoms with van der Waals surface area (Å²) in [4.78, 5) is 11.8. The minimum atomic E-state index is 0.0256. The molecule has 114 valence electrons. The van der Waals surface area contributed by atoms with Gasteiger partial charge in [0.15, 0.2) is 0 Å². The summed E-state index contributed by atoms with van der Waals surface area (Å²) in [6.07, 6.45) is 3.52. The van der Waals surface area contributed by atoms with Gasteiger partial charge in [-0.25, -0.2) is 0 Å². The van der Waals surface area contributed by atoms with Crippen LogP contribution in [0.4, 0.5) is 0 Å². The molecule has 2 rings (SSSR count). The van der Waals surface area contributed by atoms with Crippen molar-refractivity contribution in [1.82, 2.24) is 10.6 Å². The van der Waals surface area contributed by atoms with Crippen LogP contribution in [0.2, 0.25) is 0 Å². The van der Waals surface area contributed by atoms with Crippen molar-refractivity contribution in [3.8, 4) is 5.75 Å². The molecule has 0 fully saturated rings. The third-order valence-electron chi connectivity index (χ3n) is 3.34. The number of carbonyl (C=O) groups is 1. The van der Waals surface area contributed by atoms with Gasteiger partial charge in [0.25, 0.3) is 0 Å². The van der Waals surface area contributed by atoms with Crippen molar-refractivity contribution < 1.29 is 9.53 Å². The standard InChI is InChI=1S/C16H21BrN2O2/c1-12-2-3-15(14(17)10-12)21-9-6-16(20)19-11-13-4-7-18-8-5-13/h2-4,10,18H,5-9,11H2,1H3,(H,19,20). The van der Waals surface area contributed by atoms with Crippen LogP contribution < -0.4 is 15.4 Å². The smallest absolute Gasteiger partial charge is 0.223 e. The Morgan fingerprint density at radius 3 is 3.05 bits per heavy atom. The van der Waals surface area contributed by atoms with Gasteiger partial charge in [-0.15, -0.1) is 0 Å². The molecule has 0 bridgehead atoms. The molecule has 1 aliphatic rings. The molecule has 5 heteroatoms. The quantitative estimate of drug-likeness (QED) is 0.773. The van der Waals surface area contributed by atoms with E-state index in [-0.39, 0.29) is 5.91 Å². The summed E-state index contributed by atoms with van der Waals surface area (Å²) in [6.45, 7) is 4.95. The fraction of sp³-hybridized carbons (Fsp3) is 0.438. The van der Waals surface area contributed by atoms with E-state index in [0.717, 1.165) is 29.7 Å². The zero-order chi connectivity index (χ0) is 15.1. The van der Waals surface area contributed by atoms with Gasteiger partial charge in [0, 0.05) is 13.1 Å². The highest BCUT2D eigenvalue weighted by Gasteiger charge is 2.07. The monoisotopic (exact) mass is 352 g/mol. The van der Waals surface area contributed by atoms with Crippen LogP contribution in [0.3, 0.4) is 0 Å². The minimum Gasteiger partial charge on any atom is -0.492 e. The average molecular weight is 353 g/mol. The highest BCUT2D eigenvalue weighted by atomic mass is 79.9. The van der Waals surface area contributed by atoms with Crippen molar-refractivity contribution in [2.75, 3.05) is 26.2 Å². The zero-order valence-corrected chi connectivity index (χ0v) is 13.8. The predicted octanol–water partition coefficient (Wildman–Crippen LogP) is 2.56. The van der Waals surface area contributed by atoms with Crippen LogP contribution in [0, 0.1) is 6.92 Å². The van der Waals surface area contributed by atoms with E-state index in [1.54, 1.807) is 0 Å². The van der Waals surface area contributed by atoms with Crippen LogP contribution >= 0.6 is 15.9 Å². The number of nitrogens with one attached hydrogen (secondary N) is 2. The van der Waals surface area contributed by atoms with Gasteiger partial charge in [-0.05, 0) is 53.5 Å². The molecular weight excluding hydrogens is 332 g/mol. The summed E-state index contributed by atoms with van der Waals surface area (Å²) in [6, 6.07) is 5.90. The molecule has 1 heterocycles. The van der Waals surface area contributed by atoms with Crippen molar-refractivity contribution in [2.24, 2.45) is 0 Å². The predicted molar refractivity (Wildman–Crippen MR) is 87.6 cm³/mol. The Balaban J connectivity index is 1.68. The number of rotatable bonds is 6. The molecule has 0 aromatic heterocycles. The van der Waals surface area contributed by atoms with Gasteiger partial charge in [0.2, 0.25) is 5.91 Å². The Morgan fingerprint density at radius 1 is 1.48 bits per heavy atom. The highest BCUT2D eigenvalue weighted by Crippen LogP contribution is 2.25. The highest BCUT2D eigenvalue weighted by molar-refractivity contribution is 9.10. The largest absolute Gasteiger partial charge is 0.492 e. The van der Waals surface area contributed by atoms with Crippen LogP contribution in [-0.4, -0.2) is 32.1 Å². The van der Waals surface area contributed by atoms with Gasteiger partial charge >= 0.3 is 0 Å². The summed E-state index contributed by atoms with van der Waals surface area (Å²) in [5.74, 6) is 0.798. The van der Waals surface area contributed by atoms with Gasteiger partial charge in [0.05, 0.1) is 17.5 Å². The topological polar surface area (TPSA) is 50.4 Å². The fourth-order valence-electron chi connectivity index (χ4n) is 2.11. The molecule has 0 aliphatic carbocycles. The minimum absolute atomic E-state index is 0.0256. The summed E-state index contributed by atoms with van der Waals surface area (Å²) in [7, 11) is 0. The summed E-state index contributed by atoms with van der Waals surface area (Å²) < 4.78 is 6.54. The van der Waals surface area contributed by atoms with Crippen LogP contribution in [0.25, 0.3) is 0 Å². The Kier molecular flexibility index (Phi) is 6.26. The van der Waals surface area contributed by atoms with E-state index < -0.39 is 0 Å². The van der Waals surface area contributed by atoms with Crippen LogP contribution in [-0.2, 0) is 4.79 Å². The molecule has 1 amide bonds. The third kappa shape index (κ3) is 5.52. The van der Waals surface area contributed by atoms with Crippen LogP contribution in [0.5, 0.6) is 5.75 Å². The fourth-order valence-corrected chi connectivity index (χ4v) is 2.71. The van der Waals surface area contributed by atoms with Gasteiger partial charge in [-0.2, -0.15) is 0 Å². The molecule has 1 aromatic carbocycles. The Morgan fingerprint density at radius 2 is 2.33 bits per heavy atom. The summed E-state index contributed by atoms with van der Waals surface area (Å²) in [5.41, 5.74) is 2.46. The van der Waals surface area contributed by atoms with E-state index in [4.69, 9.17) is 4.74 Å². The van der Waals surface area contributed by atoms with Crippen LogP contribution in [0.1, 0.15) is 18.4 Å². The zero-order valence-electron chi connectivity index (χ0n) is 12.2. The second-order valence-electron chi connectivity index (χ2n) is 5.13.